The van der Waals surface area contributed by atoms with Crippen molar-refractivity contribution in [2.45, 2.75) is 31.5 Å². The quantitative estimate of drug-likeness (QED) is 0.350. The van der Waals surface area contributed by atoms with Gasteiger partial charge in [0.05, 0.1) is 23.8 Å². The number of alkyl halides is 6. The molecule has 0 bridgehead atoms. The van der Waals surface area contributed by atoms with Gasteiger partial charge >= 0.3 is 12.5 Å². The van der Waals surface area contributed by atoms with Crippen molar-refractivity contribution in [3.8, 4) is 5.75 Å². The lowest BCUT2D eigenvalue weighted by atomic mass is 9.98. The molecule has 0 radical (unpaired) electrons. The van der Waals surface area contributed by atoms with E-state index in [2.05, 4.69) is 4.74 Å². The Kier molecular flexibility index (Phi) is 6.63. The zero-order chi connectivity index (χ0) is 24.3. The number of hydrogen-bond acceptors (Lipinski definition) is 3. The molecule has 1 aliphatic heterocycles. The highest BCUT2D eigenvalue weighted by Gasteiger charge is 2.35. The van der Waals surface area contributed by atoms with Gasteiger partial charge in [-0.25, -0.2) is 0 Å². The summed E-state index contributed by atoms with van der Waals surface area (Å²) in [5, 5.41) is 0. The highest BCUT2D eigenvalue weighted by Crippen LogP contribution is 2.42. The molecule has 180 valence electrons. The van der Waals surface area contributed by atoms with Gasteiger partial charge in [-0.05, 0) is 35.4 Å². The van der Waals surface area contributed by atoms with E-state index in [0.717, 1.165) is 11.3 Å². The highest BCUT2D eigenvalue weighted by atomic mass is 19.4. The molecule has 0 saturated carbocycles. The maximum absolute atomic E-state index is 13.1. The molecule has 0 unspecified atom stereocenters. The zero-order valence-corrected chi connectivity index (χ0v) is 18.0. The second kappa shape index (κ2) is 9.48. The summed E-state index contributed by atoms with van der Waals surface area (Å²) in [7, 11) is 0. The number of halogens is 6. The van der Waals surface area contributed by atoms with Crippen molar-refractivity contribution in [3.05, 3.63) is 90.0 Å². The molecule has 0 fully saturated rings. The van der Waals surface area contributed by atoms with Gasteiger partial charge in [0.2, 0.25) is 0 Å². The third-order valence-corrected chi connectivity index (χ3v) is 5.63. The van der Waals surface area contributed by atoms with Crippen LogP contribution in [-0.2, 0) is 6.54 Å². The van der Waals surface area contributed by atoms with E-state index in [1.807, 2.05) is 41.3 Å². The minimum Gasteiger partial charge on any atom is -0.406 e. The first-order valence-electron chi connectivity index (χ1n) is 10.7. The third-order valence-electron chi connectivity index (χ3n) is 5.63. The van der Waals surface area contributed by atoms with E-state index in [9.17, 15) is 26.3 Å². The van der Waals surface area contributed by atoms with Crippen LogP contribution in [0.25, 0.3) is 0 Å². The van der Waals surface area contributed by atoms with Crippen LogP contribution in [0.3, 0.4) is 0 Å². The molecular formula is C25H22F6N2O. The number of ether oxygens (including phenoxy) is 1. The monoisotopic (exact) mass is 480 g/mol. The van der Waals surface area contributed by atoms with Crippen LogP contribution >= 0.6 is 0 Å². The summed E-state index contributed by atoms with van der Waals surface area (Å²) in [6, 6.07) is 21.8. The van der Waals surface area contributed by atoms with Gasteiger partial charge in [-0.15, -0.1) is 13.2 Å². The molecule has 3 nitrogen and oxygen atoms in total. The van der Waals surface area contributed by atoms with Crippen LogP contribution in [0, 0.1) is 0 Å². The molecule has 1 atom stereocenters. The number of benzene rings is 3. The molecule has 0 saturated heterocycles. The van der Waals surface area contributed by atoms with Crippen LogP contribution in [0.5, 0.6) is 5.75 Å². The zero-order valence-electron chi connectivity index (χ0n) is 18.0. The lowest BCUT2D eigenvalue weighted by Gasteiger charge is -2.45. The van der Waals surface area contributed by atoms with Crippen molar-refractivity contribution in [1.82, 2.24) is 0 Å². The molecule has 1 heterocycles. The highest BCUT2D eigenvalue weighted by molar-refractivity contribution is 5.74. The lowest BCUT2D eigenvalue weighted by molar-refractivity contribution is -0.274. The fourth-order valence-corrected chi connectivity index (χ4v) is 4.24. The Balaban J connectivity index is 1.68. The summed E-state index contributed by atoms with van der Waals surface area (Å²) in [6.45, 7) is 0.425. The van der Waals surface area contributed by atoms with Crippen molar-refractivity contribution < 1.29 is 31.1 Å². The summed E-state index contributed by atoms with van der Waals surface area (Å²) < 4.78 is 81.3. The van der Waals surface area contributed by atoms with Gasteiger partial charge in [0.25, 0.3) is 0 Å². The minimum atomic E-state index is -4.80. The Hall–Kier alpha value is -3.36. The molecule has 0 amide bonds. The molecule has 3 aromatic carbocycles. The van der Waals surface area contributed by atoms with Gasteiger partial charge < -0.3 is 14.5 Å². The number of para-hydroxylation sites is 2. The fraction of sp³-hybridized carbons (Fsp3) is 0.280. The summed E-state index contributed by atoms with van der Waals surface area (Å²) in [5.74, 6) is -0.318. The van der Waals surface area contributed by atoms with Crippen LogP contribution < -0.4 is 14.5 Å². The maximum Gasteiger partial charge on any atom is 0.573 e. The maximum atomic E-state index is 13.1. The van der Waals surface area contributed by atoms with Crippen molar-refractivity contribution in [2.24, 2.45) is 0 Å². The van der Waals surface area contributed by atoms with Gasteiger partial charge in [-0.3, -0.25) is 0 Å². The second-order valence-electron chi connectivity index (χ2n) is 8.05. The molecule has 4 rings (SSSR count). The first-order chi connectivity index (χ1) is 16.1. The predicted molar refractivity (Wildman–Crippen MR) is 118 cm³/mol. The Morgan fingerprint density at radius 2 is 1.47 bits per heavy atom. The molecule has 34 heavy (non-hydrogen) atoms. The Bertz CT molecular complexity index is 1100. The lowest BCUT2D eigenvalue weighted by Crippen LogP contribution is -2.44. The van der Waals surface area contributed by atoms with Gasteiger partial charge in [0.1, 0.15) is 5.75 Å². The number of nitrogens with zero attached hydrogens (tertiary/aromatic N) is 2. The first kappa shape index (κ1) is 23.8. The van der Waals surface area contributed by atoms with Crippen molar-refractivity contribution in [1.29, 1.82) is 0 Å². The molecule has 1 aliphatic rings. The van der Waals surface area contributed by atoms with Crippen LogP contribution in [0.1, 0.15) is 23.6 Å². The van der Waals surface area contributed by atoms with E-state index in [4.69, 9.17) is 0 Å². The fourth-order valence-electron chi connectivity index (χ4n) is 4.24. The van der Waals surface area contributed by atoms with Gasteiger partial charge in [-0.1, -0.05) is 54.6 Å². The average Bonchev–Trinajstić information content (AvgIpc) is 2.77. The summed E-state index contributed by atoms with van der Waals surface area (Å²) in [6.07, 6.45) is -10.1. The van der Waals surface area contributed by atoms with Crippen molar-refractivity contribution >= 4 is 11.4 Å². The number of anilines is 2. The molecule has 0 N–H and O–H groups in total. The molecule has 0 aromatic heterocycles. The average molecular weight is 480 g/mol. The van der Waals surface area contributed by atoms with E-state index < -0.39 is 19.0 Å². The number of fused-ring (bicyclic) bond motifs is 1. The van der Waals surface area contributed by atoms with E-state index in [1.165, 1.54) is 18.2 Å². The molecule has 0 spiro atoms. The second-order valence-corrected chi connectivity index (χ2v) is 8.05. The van der Waals surface area contributed by atoms with E-state index >= 15 is 0 Å². The van der Waals surface area contributed by atoms with Crippen LogP contribution in [0.15, 0.2) is 78.9 Å². The van der Waals surface area contributed by atoms with Gasteiger partial charge in [0.15, 0.2) is 0 Å². The first-order valence-corrected chi connectivity index (χ1v) is 10.7. The third kappa shape index (κ3) is 5.95. The van der Waals surface area contributed by atoms with Crippen LogP contribution in [0.2, 0.25) is 0 Å². The number of hydrogen-bond donors (Lipinski definition) is 0. The number of rotatable bonds is 6. The Morgan fingerprint density at radius 1 is 0.794 bits per heavy atom. The molecule has 0 aliphatic carbocycles. The minimum absolute atomic E-state index is 0.206. The normalized spacial score (nSPS) is 16.4. The van der Waals surface area contributed by atoms with Crippen molar-refractivity contribution in [2.75, 3.05) is 22.9 Å². The largest absolute Gasteiger partial charge is 0.573 e. The molecule has 9 heteroatoms. The summed E-state index contributed by atoms with van der Waals surface area (Å²) in [5.41, 5.74) is 2.82. The van der Waals surface area contributed by atoms with Crippen molar-refractivity contribution in [3.63, 3.8) is 0 Å². The predicted octanol–water partition coefficient (Wildman–Crippen LogP) is 7.11. The van der Waals surface area contributed by atoms with Crippen LogP contribution in [0.4, 0.5) is 37.7 Å². The summed E-state index contributed by atoms with van der Waals surface area (Å²) in [4.78, 5) is 3.74. The van der Waals surface area contributed by atoms with Gasteiger partial charge in [-0.2, -0.15) is 13.2 Å². The van der Waals surface area contributed by atoms with E-state index in [-0.39, 0.29) is 24.9 Å². The van der Waals surface area contributed by atoms with Gasteiger partial charge in [0, 0.05) is 19.6 Å². The topological polar surface area (TPSA) is 15.7 Å². The summed E-state index contributed by atoms with van der Waals surface area (Å²) >= 11 is 0. The van der Waals surface area contributed by atoms with E-state index in [1.54, 1.807) is 29.2 Å². The SMILES string of the molecule is FC(F)(F)CCN1c2ccccc2N(Cc2cccc(OC(F)(F)F)c2)C[C@H]1c1ccccc1. The van der Waals surface area contributed by atoms with Crippen LogP contribution in [-0.4, -0.2) is 25.6 Å². The standard InChI is InChI=1S/C25H22F6N2O/c26-24(27,28)13-14-33-22-12-5-4-11-21(22)32(17-23(33)19-8-2-1-3-9-19)16-18-7-6-10-20(15-18)34-25(29,30)31/h1-12,15,23H,13-14,16-17H2/t23-/m0/s1. The Morgan fingerprint density at radius 3 is 2.15 bits per heavy atom. The smallest absolute Gasteiger partial charge is 0.406 e. The molecule has 3 aromatic rings. The van der Waals surface area contributed by atoms with E-state index in [0.29, 0.717) is 17.8 Å². The Labute approximate surface area is 193 Å². The molecular weight excluding hydrogens is 458 g/mol.